The van der Waals surface area contributed by atoms with Crippen LogP contribution in [0.4, 0.5) is 11.6 Å². The van der Waals surface area contributed by atoms with Crippen molar-refractivity contribution in [1.29, 1.82) is 0 Å². The minimum absolute atomic E-state index is 0.328. The van der Waals surface area contributed by atoms with Crippen LogP contribution in [0.25, 0.3) is 11.0 Å². The van der Waals surface area contributed by atoms with Crippen molar-refractivity contribution < 1.29 is 9.53 Å². The molecule has 0 aliphatic carbocycles. The van der Waals surface area contributed by atoms with Crippen LogP contribution in [0.15, 0.2) is 42.5 Å². The summed E-state index contributed by atoms with van der Waals surface area (Å²) in [5, 5.41) is 3.53. The highest BCUT2D eigenvalue weighted by atomic mass is 16.5. The molecule has 7 heteroatoms. The van der Waals surface area contributed by atoms with E-state index in [1.54, 1.807) is 12.1 Å². The number of aryl methyl sites for hydroxylation is 1. The van der Waals surface area contributed by atoms with Gasteiger partial charge in [-0.2, -0.15) is 0 Å². The van der Waals surface area contributed by atoms with Crippen LogP contribution in [0.2, 0.25) is 0 Å². The first-order valence-electron chi connectivity index (χ1n) is 15.0. The molecule has 2 aromatic carbocycles. The average Bonchev–Trinajstić information content (AvgIpc) is 3.31. The Morgan fingerprint density at radius 2 is 1.67 bits per heavy atom. The summed E-state index contributed by atoms with van der Waals surface area (Å²) >= 11 is 0. The first-order chi connectivity index (χ1) is 19.1. The lowest BCUT2D eigenvalue weighted by molar-refractivity contribution is 0.0600. The molecule has 1 aliphatic heterocycles. The molecule has 1 fully saturated rings. The van der Waals surface area contributed by atoms with Gasteiger partial charge in [-0.1, -0.05) is 39.2 Å². The third kappa shape index (κ3) is 8.29. The van der Waals surface area contributed by atoms with Gasteiger partial charge < -0.3 is 19.5 Å². The fourth-order valence-electron chi connectivity index (χ4n) is 5.45. The number of esters is 1. The zero-order chi connectivity index (χ0) is 27.5. The number of anilines is 2. The number of piperidine rings is 1. The van der Waals surface area contributed by atoms with Gasteiger partial charge >= 0.3 is 5.97 Å². The zero-order valence-corrected chi connectivity index (χ0v) is 24.3. The van der Waals surface area contributed by atoms with E-state index in [0.29, 0.717) is 5.56 Å². The van der Waals surface area contributed by atoms with E-state index in [-0.39, 0.29) is 5.97 Å². The van der Waals surface area contributed by atoms with Gasteiger partial charge in [0.05, 0.1) is 23.7 Å². The fraction of sp³-hybridized carbons (Fsp3) is 0.562. The van der Waals surface area contributed by atoms with Crippen LogP contribution in [0.5, 0.6) is 0 Å². The van der Waals surface area contributed by atoms with Gasteiger partial charge in [0, 0.05) is 18.8 Å². The molecular weight excluding hydrogens is 486 g/mol. The SMILES string of the molecule is CCCCN(CCCC)Cc1ccc2nc(Nc3ccc(C(=O)OC)cc3)n(CCCN3CCCCC3)c2c1. The second kappa shape index (κ2) is 15.0. The molecule has 0 saturated carbocycles. The molecule has 4 rings (SSSR count). The van der Waals surface area contributed by atoms with Crippen LogP contribution >= 0.6 is 0 Å². The maximum Gasteiger partial charge on any atom is 0.337 e. The van der Waals surface area contributed by atoms with Crippen LogP contribution in [-0.2, 0) is 17.8 Å². The molecule has 0 radical (unpaired) electrons. The van der Waals surface area contributed by atoms with Crippen molar-refractivity contribution in [3.05, 3.63) is 53.6 Å². The second-order valence-corrected chi connectivity index (χ2v) is 10.8. The highest BCUT2D eigenvalue weighted by molar-refractivity contribution is 5.89. The van der Waals surface area contributed by atoms with Gasteiger partial charge in [-0.25, -0.2) is 9.78 Å². The minimum Gasteiger partial charge on any atom is -0.465 e. The Hall–Kier alpha value is -2.90. The van der Waals surface area contributed by atoms with E-state index in [1.165, 1.54) is 76.2 Å². The number of carbonyl (C=O) groups excluding carboxylic acids is 1. The molecule has 39 heavy (non-hydrogen) atoms. The van der Waals surface area contributed by atoms with E-state index in [0.717, 1.165) is 56.3 Å². The molecule has 0 atom stereocenters. The van der Waals surface area contributed by atoms with Crippen molar-refractivity contribution >= 4 is 28.6 Å². The number of hydrogen-bond acceptors (Lipinski definition) is 6. The number of carbonyl (C=O) groups is 1. The van der Waals surface area contributed by atoms with Crippen molar-refractivity contribution in [2.45, 2.75) is 78.3 Å². The molecule has 0 spiro atoms. The molecule has 212 valence electrons. The van der Waals surface area contributed by atoms with Crippen molar-refractivity contribution in [3.63, 3.8) is 0 Å². The number of nitrogens with one attached hydrogen (secondary N) is 1. The van der Waals surface area contributed by atoms with Gasteiger partial charge in [-0.05, 0) is 107 Å². The Bertz CT molecular complexity index is 1160. The molecule has 1 N–H and O–H groups in total. The lowest BCUT2D eigenvalue weighted by Crippen LogP contribution is -2.31. The summed E-state index contributed by atoms with van der Waals surface area (Å²) in [7, 11) is 1.40. The lowest BCUT2D eigenvalue weighted by Gasteiger charge is -2.26. The molecule has 0 unspecified atom stereocenters. The van der Waals surface area contributed by atoms with Gasteiger partial charge in [0.1, 0.15) is 0 Å². The number of aromatic nitrogens is 2. The van der Waals surface area contributed by atoms with E-state index in [1.807, 2.05) is 12.1 Å². The molecule has 1 saturated heterocycles. The number of ether oxygens (including phenoxy) is 1. The first-order valence-corrected chi connectivity index (χ1v) is 15.0. The van der Waals surface area contributed by atoms with Crippen LogP contribution in [0, 0.1) is 0 Å². The Morgan fingerprint density at radius 3 is 2.33 bits per heavy atom. The van der Waals surface area contributed by atoms with Gasteiger partial charge in [0.25, 0.3) is 0 Å². The molecule has 1 aliphatic rings. The minimum atomic E-state index is -0.328. The average molecular weight is 534 g/mol. The summed E-state index contributed by atoms with van der Waals surface area (Å²) in [6.45, 7) is 12.3. The van der Waals surface area contributed by atoms with Crippen LogP contribution in [0.1, 0.15) is 81.1 Å². The monoisotopic (exact) mass is 533 g/mol. The maximum atomic E-state index is 11.9. The highest BCUT2D eigenvalue weighted by Gasteiger charge is 2.15. The van der Waals surface area contributed by atoms with Crippen LogP contribution < -0.4 is 5.32 Å². The number of methoxy groups -OCH3 is 1. The third-order valence-corrected chi connectivity index (χ3v) is 7.74. The number of imidazole rings is 1. The van der Waals surface area contributed by atoms with Crippen molar-refractivity contribution in [2.75, 3.05) is 45.2 Å². The van der Waals surface area contributed by atoms with Crippen molar-refractivity contribution in [1.82, 2.24) is 19.4 Å². The number of nitrogens with zero attached hydrogens (tertiary/aromatic N) is 4. The number of fused-ring (bicyclic) bond motifs is 1. The molecular formula is C32H47N5O2. The van der Waals surface area contributed by atoms with Gasteiger partial charge in [0.15, 0.2) is 0 Å². The van der Waals surface area contributed by atoms with E-state index in [2.05, 4.69) is 51.7 Å². The number of likely N-dealkylation sites (tertiary alicyclic amines) is 1. The fourth-order valence-corrected chi connectivity index (χ4v) is 5.45. The summed E-state index contributed by atoms with van der Waals surface area (Å²) in [5.74, 6) is 0.520. The molecule has 1 aromatic heterocycles. The molecule has 0 amide bonds. The smallest absolute Gasteiger partial charge is 0.337 e. The second-order valence-electron chi connectivity index (χ2n) is 10.8. The Balaban J connectivity index is 1.57. The number of benzene rings is 2. The maximum absolute atomic E-state index is 11.9. The van der Waals surface area contributed by atoms with Gasteiger partial charge in [0.2, 0.25) is 5.95 Å². The predicted octanol–water partition coefficient (Wildman–Crippen LogP) is 6.84. The number of rotatable bonds is 15. The van der Waals surface area contributed by atoms with E-state index in [4.69, 9.17) is 9.72 Å². The van der Waals surface area contributed by atoms with E-state index in [9.17, 15) is 4.79 Å². The Labute approximate surface area is 234 Å². The van der Waals surface area contributed by atoms with Gasteiger partial charge in [-0.15, -0.1) is 0 Å². The normalized spacial score (nSPS) is 14.3. The third-order valence-electron chi connectivity index (χ3n) is 7.74. The summed E-state index contributed by atoms with van der Waals surface area (Å²) < 4.78 is 7.19. The Morgan fingerprint density at radius 1 is 0.949 bits per heavy atom. The summed E-state index contributed by atoms with van der Waals surface area (Å²) in [5.41, 5.74) is 4.99. The number of hydrogen-bond donors (Lipinski definition) is 1. The summed E-state index contributed by atoms with van der Waals surface area (Å²) in [4.78, 5) is 22.1. The van der Waals surface area contributed by atoms with E-state index >= 15 is 0 Å². The standard InChI is InChI=1S/C32H47N5O2/c1-4-6-18-36(19-7-5-2)25-26-12-17-29-30(24-26)37(23-11-22-35-20-9-8-10-21-35)32(34-29)33-28-15-13-27(14-16-28)31(38)39-3/h12-17,24H,4-11,18-23,25H2,1-3H3,(H,33,34). The van der Waals surface area contributed by atoms with Crippen molar-refractivity contribution in [2.24, 2.45) is 0 Å². The topological polar surface area (TPSA) is 62.6 Å². The molecule has 7 nitrogen and oxygen atoms in total. The molecule has 3 aromatic rings. The first kappa shape index (κ1) is 29.1. The van der Waals surface area contributed by atoms with E-state index < -0.39 is 0 Å². The highest BCUT2D eigenvalue weighted by Crippen LogP contribution is 2.26. The van der Waals surface area contributed by atoms with Gasteiger partial charge in [-0.3, -0.25) is 4.90 Å². The van der Waals surface area contributed by atoms with Crippen LogP contribution in [-0.4, -0.2) is 65.2 Å². The lowest BCUT2D eigenvalue weighted by atomic mass is 10.1. The number of unbranched alkanes of at least 4 members (excludes halogenated alkanes) is 2. The Kier molecular flexibility index (Phi) is 11.2. The largest absolute Gasteiger partial charge is 0.465 e. The molecule has 2 heterocycles. The predicted molar refractivity (Wildman–Crippen MR) is 161 cm³/mol. The van der Waals surface area contributed by atoms with Crippen LogP contribution in [0.3, 0.4) is 0 Å². The summed E-state index contributed by atoms with van der Waals surface area (Å²) in [6, 6.07) is 14.2. The van der Waals surface area contributed by atoms with Crippen molar-refractivity contribution in [3.8, 4) is 0 Å². The molecule has 0 bridgehead atoms. The summed E-state index contributed by atoms with van der Waals surface area (Å²) in [6.07, 6.45) is 10.0. The zero-order valence-electron chi connectivity index (χ0n) is 24.3. The quantitative estimate of drug-likeness (QED) is 0.216.